The average Bonchev–Trinajstić information content (AvgIpc) is 2.92. The van der Waals surface area contributed by atoms with E-state index in [4.69, 9.17) is 27.9 Å². The minimum atomic E-state index is -1.35. The Morgan fingerprint density at radius 3 is 2.55 bits per heavy atom. The molecule has 1 aliphatic heterocycles. The van der Waals surface area contributed by atoms with Gasteiger partial charge >= 0.3 is 12.0 Å². The van der Waals surface area contributed by atoms with Crippen LogP contribution in [0, 0.1) is 0 Å². The number of aromatic nitrogens is 1. The molecule has 3 rings (SSSR count). The SMILES string of the molecule is C[C@@]1(c2ccccc2)NC(=O)N(NC(=O)COC(=O)c2nc(Cl)ccc2Cl)C1=O. The molecule has 0 unspecified atom stereocenters. The van der Waals surface area contributed by atoms with Crippen molar-refractivity contribution in [1.29, 1.82) is 0 Å². The zero-order valence-electron chi connectivity index (χ0n) is 14.9. The van der Waals surface area contributed by atoms with Crippen molar-refractivity contribution >= 4 is 47.0 Å². The van der Waals surface area contributed by atoms with E-state index in [0.29, 0.717) is 10.6 Å². The number of hydrogen-bond acceptors (Lipinski definition) is 6. The summed E-state index contributed by atoms with van der Waals surface area (Å²) in [7, 11) is 0. The van der Waals surface area contributed by atoms with E-state index in [1.165, 1.54) is 19.1 Å². The molecule has 0 saturated carbocycles. The van der Waals surface area contributed by atoms with Crippen LogP contribution in [0.3, 0.4) is 0 Å². The van der Waals surface area contributed by atoms with Gasteiger partial charge in [-0.2, -0.15) is 5.01 Å². The molecule has 29 heavy (non-hydrogen) atoms. The van der Waals surface area contributed by atoms with Gasteiger partial charge in [-0.05, 0) is 24.6 Å². The summed E-state index contributed by atoms with van der Waals surface area (Å²) in [5, 5.41) is 3.08. The topological polar surface area (TPSA) is 118 Å². The summed E-state index contributed by atoms with van der Waals surface area (Å²) in [6.45, 7) is 0.740. The van der Waals surface area contributed by atoms with E-state index in [2.05, 4.69) is 15.7 Å². The van der Waals surface area contributed by atoms with Crippen LogP contribution in [0.4, 0.5) is 4.79 Å². The van der Waals surface area contributed by atoms with Gasteiger partial charge in [-0.15, -0.1) is 0 Å². The van der Waals surface area contributed by atoms with Gasteiger partial charge in [0.2, 0.25) is 0 Å². The van der Waals surface area contributed by atoms with Crippen molar-refractivity contribution in [2.75, 3.05) is 6.61 Å². The van der Waals surface area contributed by atoms with Crippen molar-refractivity contribution in [3.05, 3.63) is 63.9 Å². The molecular formula is C18H14Cl2N4O5. The number of ether oxygens (including phenoxy) is 1. The molecule has 9 nitrogen and oxygen atoms in total. The standard InChI is InChI=1S/C18H14Cl2N4O5/c1-18(10-5-3-2-4-6-10)16(27)24(17(28)22-18)23-13(25)9-29-15(26)14-11(19)7-8-12(20)21-14/h2-8H,9H2,1H3,(H,22,28)(H,23,25)/t18-/m0/s1. The lowest BCUT2D eigenvalue weighted by Crippen LogP contribution is -2.49. The maximum absolute atomic E-state index is 12.7. The first-order valence-corrected chi connectivity index (χ1v) is 8.99. The molecule has 0 radical (unpaired) electrons. The fourth-order valence-corrected chi connectivity index (χ4v) is 2.96. The molecule has 1 aromatic heterocycles. The second-order valence-electron chi connectivity index (χ2n) is 6.14. The van der Waals surface area contributed by atoms with E-state index in [0.717, 1.165) is 0 Å². The summed E-state index contributed by atoms with van der Waals surface area (Å²) in [5.74, 6) is -2.58. The molecule has 11 heteroatoms. The highest BCUT2D eigenvalue weighted by Gasteiger charge is 2.50. The highest BCUT2D eigenvalue weighted by molar-refractivity contribution is 6.34. The van der Waals surface area contributed by atoms with Crippen molar-refractivity contribution in [2.45, 2.75) is 12.5 Å². The van der Waals surface area contributed by atoms with Crippen LogP contribution in [0.25, 0.3) is 0 Å². The largest absolute Gasteiger partial charge is 0.451 e. The maximum atomic E-state index is 12.7. The molecule has 2 aromatic rings. The summed E-state index contributed by atoms with van der Waals surface area (Å²) in [4.78, 5) is 52.7. The number of halogens is 2. The fraction of sp³-hybridized carbons (Fsp3) is 0.167. The Kier molecular flexibility index (Phi) is 5.71. The van der Waals surface area contributed by atoms with Gasteiger partial charge in [-0.3, -0.25) is 15.0 Å². The Hall–Kier alpha value is -3.17. The highest BCUT2D eigenvalue weighted by Crippen LogP contribution is 2.27. The second kappa shape index (κ2) is 8.06. The van der Waals surface area contributed by atoms with Gasteiger partial charge in [0.15, 0.2) is 12.3 Å². The number of carbonyl (C=O) groups excluding carboxylic acids is 4. The van der Waals surface area contributed by atoms with Crippen LogP contribution in [-0.4, -0.2) is 40.4 Å². The number of imide groups is 1. The van der Waals surface area contributed by atoms with Crippen molar-refractivity contribution in [1.82, 2.24) is 20.7 Å². The smallest absolute Gasteiger partial charge is 0.359 e. The molecule has 0 bridgehead atoms. The third-order valence-corrected chi connectivity index (χ3v) is 4.63. The van der Waals surface area contributed by atoms with Crippen LogP contribution in [-0.2, 0) is 19.9 Å². The maximum Gasteiger partial charge on any atom is 0.359 e. The number of hydrazine groups is 1. The minimum Gasteiger partial charge on any atom is -0.451 e. The Labute approximate surface area is 174 Å². The lowest BCUT2D eigenvalue weighted by atomic mass is 9.92. The fourth-order valence-electron chi connectivity index (χ4n) is 2.63. The molecule has 1 aliphatic rings. The molecule has 2 heterocycles. The summed E-state index contributed by atoms with van der Waals surface area (Å²) >= 11 is 11.5. The molecule has 1 atom stereocenters. The summed E-state index contributed by atoms with van der Waals surface area (Å²) in [5.41, 5.74) is 1.05. The van der Waals surface area contributed by atoms with E-state index < -0.39 is 36.0 Å². The number of nitrogens with one attached hydrogen (secondary N) is 2. The van der Waals surface area contributed by atoms with Crippen LogP contribution in [0.2, 0.25) is 10.2 Å². The van der Waals surface area contributed by atoms with Crippen molar-refractivity contribution in [3.8, 4) is 0 Å². The molecule has 0 aliphatic carbocycles. The first kappa shape index (κ1) is 20.6. The van der Waals surface area contributed by atoms with Gasteiger partial charge in [-0.1, -0.05) is 53.5 Å². The monoisotopic (exact) mass is 436 g/mol. The van der Waals surface area contributed by atoms with Gasteiger partial charge in [0, 0.05) is 0 Å². The Bertz CT molecular complexity index is 1000. The number of amides is 4. The minimum absolute atomic E-state index is 0.00691. The van der Waals surface area contributed by atoms with Crippen LogP contribution in [0.5, 0.6) is 0 Å². The average molecular weight is 437 g/mol. The van der Waals surface area contributed by atoms with Crippen molar-refractivity contribution in [2.24, 2.45) is 0 Å². The van der Waals surface area contributed by atoms with E-state index >= 15 is 0 Å². The number of esters is 1. The van der Waals surface area contributed by atoms with Gasteiger partial charge < -0.3 is 10.1 Å². The lowest BCUT2D eigenvalue weighted by Gasteiger charge is -2.22. The van der Waals surface area contributed by atoms with E-state index in [1.807, 2.05) is 0 Å². The quantitative estimate of drug-likeness (QED) is 0.420. The molecule has 1 saturated heterocycles. The predicted octanol–water partition coefficient (Wildman–Crippen LogP) is 2.04. The third-order valence-electron chi connectivity index (χ3n) is 4.12. The van der Waals surface area contributed by atoms with Crippen molar-refractivity contribution < 1.29 is 23.9 Å². The second-order valence-corrected chi connectivity index (χ2v) is 6.93. The number of benzene rings is 1. The third kappa shape index (κ3) is 4.15. The van der Waals surface area contributed by atoms with Gasteiger partial charge in [0.25, 0.3) is 11.8 Å². The van der Waals surface area contributed by atoms with Crippen LogP contribution >= 0.6 is 23.2 Å². The zero-order chi connectivity index (χ0) is 21.2. The summed E-state index contributed by atoms with van der Waals surface area (Å²) in [6.07, 6.45) is 0. The number of pyridine rings is 1. The molecule has 0 spiro atoms. The molecular weight excluding hydrogens is 423 g/mol. The molecule has 4 amide bonds. The molecule has 150 valence electrons. The Morgan fingerprint density at radius 2 is 1.86 bits per heavy atom. The number of hydrogen-bond donors (Lipinski definition) is 2. The number of rotatable bonds is 5. The Morgan fingerprint density at radius 1 is 1.17 bits per heavy atom. The normalized spacial score (nSPS) is 18.4. The van der Waals surface area contributed by atoms with E-state index in [9.17, 15) is 19.2 Å². The first-order valence-electron chi connectivity index (χ1n) is 8.23. The lowest BCUT2D eigenvalue weighted by molar-refractivity contribution is -0.140. The predicted molar refractivity (Wildman–Crippen MR) is 102 cm³/mol. The summed E-state index contributed by atoms with van der Waals surface area (Å²) in [6, 6.07) is 10.5. The van der Waals surface area contributed by atoms with Crippen LogP contribution in [0.15, 0.2) is 42.5 Å². The van der Waals surface area contributed by atoms with Gasteiger partial charge in [-0.25, -0.2) is 14.6 Å². The van der Waals surface area contributed by atoms with Crippen molar-refractivity contribution in [3.63, 3.8) is 0 Å². The number of nitrogens with zero attached hydrogens (tertiary/aromatic N) is 2. The van der Waals surface area contributed by atoms with Crippen LogP contribution < -0.4 is 10.7 Å². The first-order chi connectivity index (χ1) is 13.7. The van der Waals surface area contributed by atoms with Gasteiger partial charge in [0.1, 0.15) is 10.7 Å². The molecule has 1 aromatic carbocycles. The molecule has 1 fully saturated rings. The van der Waals surface area contributed by atoms with Gasteiger partial charge in [0.05, 0.1) is 5.02 Å². The zero-order valence-corrected chi connectivity index (χ0v) is 16.5. The molecule has 2 N–H and O–H groups in total. The number of urea groups is 1. The number of carbonyl (C=O) groups is 4. The van der Waals surface area contributed by atoms with E-state index in [-0.39, 0.29) is 15.9 Å². The summed E-state index contributed by atoms with van der Waals surface area (Å²) < 4.78 is 4.82. The van der Waals surface area contributed by atoms with Crippen LogP contribution in [0.1, 0.15) is 23.0 Å². The highest BCUT2D eigenvalue weighted by atomic mass is 35.5. The van der Waals surface area contributed by atoms with E-state index in [1.54, 1.807) is 30.3 Å². The Balaban J connectivity index is 1.63.